The summed E-state index contributed by atoms with van der Waals surface area (Å²) in [6, 6.07) is 2.68. The van der Waals surface area contributed by atoms with Crippen LogP contribution in [0.4, 0.5) is 5.95 Å². The highest BCUT2D eigenvalue weighted by Crippen LogP contribution is 2.39. The quantitative estimate of drug-likeness (QED) is 0.363. The maximum absolute atomic E-state index is 13.1. The van der Waals surface area contributed by atoms with Crippen molar-refractivity contribution in [2.24, 2.45) is 5.14 Å². The molecule has 172 valence electrons. The Bertz CT molecular complexity index is 1290. The summed E-state index contributed by atoms with van der Waals surface area (Å²) in [6.07, 6.45) is 2.91. The van der Waals surface area contributed by atoms with Gasteiger partial charge in [-0.15, -0.1) is 10.2 Å². The number of tetrazole rings is 1. The minimum absolute atomic E-state index is 0.0968. The van der Waals surface area contributed by atoms with Crippen LogP contribution in [0.25, 0.3) is 22.5 Å². The van der Waals surface area contributed by atoms with Gasteiger partial charge in [0, 0.05) is 38.1 Å². The van der Waals surface area contributed by atoms with Crippen LogP contribution in [-0.2, 0) is 19.9 Å². The highest BCUT2D eigenvalue weighted by atomic mass is 32.2. The Balaban J connectivity index is 0.00000141. The van der Waals surface area contributed by atoms with Gasteiger partial charge in [-0.3, -0.25) is 0 Å². The number of aromatic amines is 1. The highest BCUT2D eigenvalue weighted by molar-refractivity contribution is 7.94. The molecule has 3 aromatic rings. The number of anilines is 1. The second kappa shape index (κ2) is 9.23. The van der Waals surface area contributed by atoms with Crippen molar-refractivity contribution in [1.29, 1.82) is 0 Å². The Morgan fingerprint density at radius 2 is 1.75 bits per heavy atom. The molecule has 3 heterocycles. The number of hydrogen-bond donors (Lipinski definition) is 4. The van der Waals surface area contributed by atoms with Gasteiger partial charge < -0.3 is 10.6 Å². The number of nitrogens with one attached hydrogen (secondary N) is 3. The summed E-state index contributed by atoms with van der Waals surface area (Å²) < 4.78 is 51.4. The number of hydrogen-bond acceptors (Lipinski definition) is 11. The van der Waals surface area contributed by atoms with Gasteiger partial charge in [0.05, 0.1) is 15.7 Å². The second-order valence-electron chi connectivity index (χ2n) is 6.47. The molecule has 0 aliphatic carbocycles. The van der Waals surface area contributed by atoms with Crippen molar-refractivity contribution in [1.82, 2.24) is 35.9 Å². The predicted octanol–water partition coefficient (Wildman–Crippen LogP) is -0.215. The van der Waals surface area contributed by atoms with E-state index in [2.05, 4.69) is 41.2 Å². The molecule has 1 aromatic carbocycles. The van der Waals surface area contributed by atoms with Crippen LogP contribution in [0.15, 0.2) is 34.3 Å². The number of nitrogens with zero attached hydrogens (tertiary/aromatic N) is 5. The molecule has 0 spiro atoms. The Morgan fingerprint density at radius 1 is 1.09 bits per heavy atom. The zero-order valence-corrected chi connectivity index (χ0v) is 19.2. The third-order valence-corrected chi connectivity index (χ3v) is 7.94. The fraction of sp³-hybridized carbons (Fsp3) is 0.353. The van der Waals surface area contributed by atoms with Gasteiger partial charge >= 0.3 is 0 Å². The molecular formula is C17H23N9O4S2. The molecule has 2 aromatic heterocycles. The average Bonchev–Trinajstić information content (AvgIpc) is 3.26. The van der Waals surface area contributed by atoms with Gasteiger partial charge in [-0.25, -0.2) is 31.9 Å². The van der Waals surface area contributed by atoms with E-state index in [1.807, 2.05) is 13.8 Å². The van der Waals surface area contributed by atoms with E-state index in [-0.39, 0.29) is 30.0 Å². The van der Waals surface area contributed by atoms with Gasteiger partial charge in [-0.1, -0.05) is 19.9 Å². The third kappa shape index (κ3) is 4.32. The first-order valence-corrected chi connectivity index (χ1v) is 12.7. The highest BCUT2D eigenvalue weighted by Gasteiger charge is 2.38. The molecule has 13 nitrogen and oxygen atoms in total. The first kappa shape index (κ1) is 23.6. The molecule has 0 atom stereocenters. The number of H-pyrrole nitrogens is 1. The largest absolute Gasteiger partial charge is 0.357 e. The zero-order chi connectivity index (χ0) is 23.5. The lowest BCUT2D eigenvalue weighted by Gasteiger charge is -2.28. The van der Waals surface area contributed by atoms with Crippen molar-refractivity contribution in [3.8, 4) is 22.5 Å². The molecule has 5 N–H and O–H groups in total. The Hall–Kier alpha value is -3.01. The molecule has 0 unspecified atom stereocenters. The molecule has 0 amide bonds. The van der Waals surface area contributed by atoms with Crippen molar-refractivity contribution in [2.45, 2.75) is 28.9 Å². The number of rotatable bonds is 6. The maximum atomic E-state index is 13.1. The van der Waals surface area contributed by atoms with Gasteiger partial charge in [-0.05, 0) is 16.8 Å². The number of sulfonamides is 1. The molecule has 32 heavy (non-hydrogen) atoms. The van der Waals surface area contributed by atoms with Crippen molar-refractivity contribution in [2.75, 3.05) is 25.5 Å². The van der Waals surface area contributed by atoms with E-state index in [9.17, 15) is 16.8 Å². The minimum atomic E-state index is -4.51. The molecule has 0 bridgehead atoms. The fourth-order valence-corrected chi connectivity index (χ4v) is 6.24. The van der Waals surface area contributed by atoms with E-state index in [1.54, 1.807) is 7.05 Å². The molecule has 0 radical (unpaired) electrons. The first-order chi connectivity index (χ1) is 15.2. The van der Waals surface area contributed by atoms with Crippen LogP contribution in [-0.4, -0.2) is 72.8 Å². The number of primary sulfonamides is 1. The fourth-order valence-electron chi connectivity index (χ4n) is 3.06. The number of benzene rings is 1. The van der Waals surface area contributed by atoms with E-state index >= 15 is 0 Å². The van der Waals surface area contributed by atoms with Gasteiger partial charge in [0.1, 0.15) is 4.90 Å². The maximum Gasteiger partial charge on any atom is 0.240 e. The van der Waals surface area contributed by atoms with E-state index in [1.165, 1.54) is 24.5 Å². The summed E-state index contributed by atoms with van der Waals surface area (Å²) in [6.45, 7) is 4.43. The minimum Gasteiger partial charge on any atom is -0.357 e. The van der Waals surface area contributed by atoms with Crippen LogP contribution in [0.1, 0.15) is 13.8 Å². The normalized spacial score (nSPS) is 14.2. The summed E-state index contributed by atoms with van der Waals surface area (Å²) in [7, 11) is -6.85. The third-order valence-electron chi connectivity index (χ3n) is 4.65. The van der Waals surface area contributed by atoms with E-state index in [0.717, 1.165) is 0 Å². The lowest BCUT2D eigenvalue weighted by atomic mass is 10.0. The van der Waals surface area contributed by atoms with Crippen molar-refractivity contribution in [3.05, 3.63) is 24.5 Å². The zero-order valence-electron chi connectivity index (χ0n) is 17.6. The van der Waals surface area contributed by atoms with Crippen molar-refractivity contribution < 1.29 is 16.8 Å². The summed E-state index contributed by atoms with van der Waals surface area (Å²) in [5.41, 5.74) is 0.599. The van der Waals surface area contributed by atoms with Crippen LogP contribution in [0.2, 0.25) is 0 Å². The van der Waals surface area contributed by atoms with Crippen molar-refractivity contribution >= 4 is 25.8 Å². The molecule has 1 saturated heterocycles. The molecule has 1 aliphatic rings. The molecule has 0 saturated carbocycles. The Morgan fingerprint density at radius 3 is 2.22 bits per heavy atom. The van der Waals surface area contributed by atoms with E-state index in [0.29, 0.717) is 11.5 Å². The standard InChI is InChI=1S/C15H17N9O4S2.C2H6/c1-17-15-19-4-8(5-20-15)10-2-3-11(29(25,26)9-6-18-7-9)13(30(16,27)28)12(10)14-21-23-24-22-14;1-2/h2-5,9,18H,6-7H2,1H3,(H2,16,27,28)(H,17,19,20)(H,21,22,23,24);1-2H3. The summed E-state index contributed by atoms with van der Waals surface area (Å²) in [4.78, 5) is 7.23. The van der Waals surface area contributed by atoms with Gasteiger partial charge in [0.2, 0.25) is 21.8 Å². The average molecular weight is 482 g/mol. The lowest BCUT2D eigenvalue weighted by molar-refractivity contribution is 0.493. The van der Waals surface area contributed by atoms with Gasteiger partial charge in [0.15, 0.2) is 9.84 Å². The van der Waals surface area contributed by atoms with Crippen LogP contribution in [0.3, 0.4) is 0 Å². The molecule has 15 heteroatoms. The van der Waals surface area contributed by atoms with Crippen LogP contribution in [0, 0.1) is 0 Å². The number of sulfone groups is 1. The molecule has 1 fully saturated rings. The lowest BCUT2D eigenvalue weighted by Crippen LogP contribution is -2.51. The predicted molar refractivity (Wildman–Crippen MR) is 117 cm³/mol. The van der Waals surface area contributed by atoms with E-state index < -0.39 is 34.9 Å². The first-order valence-electron chi connectivity index (χ1n) is 9.62. The summed E-state index contributed by atoms with van der Waals surface area (Å²) in [5.74, 6) is 0.221. The van der Waals surface area contributed by atoms with Gasteiger partial charge in [-0.2, -0.15) is 5.21 Å². The van der Waals surface area contributed by atoms with Crippen LogP contribution < -0.4 is 15.8 Å². The molecule has 1 aliphatic heterocycles. The van der Waals surface area contributed by atoms with E-state index in [4.69, 9.17) is 5.14 Å². The summed E-state index contributed by atoms with van der Waals surface area (Å²) in [5, 5.41) is 23.8. The Labute approximate surface area is 185 Å². The monoisotopic (exact) mass is 481 g/mol. The van der Waals surface area contributed by atoms with Crippen molar-refractivity contribution in [3.63, 3.8) is 0 Å². The number of nitrogens with two attached hydrogens (primary N) is 1. The topological polar surface area (TPSA) is 199 Å². The molecule has 4 rings (SSSR count). The SMILES string of the molecule is CC.CNc1ncc(-c2ccc(S(=O)(=O)C3CNC3)c(S(N)(=O)=O)c2-c2nn[nH]n2)cn1. The second-order valence-corrected chi connectivity index (χ2v) is 10.2. The summed E-state index contributed by atoms with van der Waals surface area (Å²) >= 11 is 0. The Kier molecular flexibility index (Phi) is 6.82. The van der Waals surface area contributed by atoms with Gasteiger partial charge in [0.25, 0.3) is 0 Å². The smallest absolute Gasteiger partial charge is 0.240 e. The van der Waals surface area contributed by atoms with Crippen LogP contribution >= 0.6 is 0 Å². The molecular weight excluding hydrogens is 458 g/mol. The van der Waals surface area contributed by atoms with Crippen LogP contribution in [0.5, 0.6) is 0 Å². The number of aromatic nitrogens is 6.